The predicted molar refractivity (Wildman–Crippen MR) is 59.0 cm³/mol. The zero-order valence-corrected chi connectivity index (χ0v) is 9.62. The van der Waals surface area contributed by atoms with Crippen LogP contribution in [0.3, 0.4) is 0 Å². The van der Waals surface area contributed by atoms with Gasteiger partial charge in [0.05, 0.1) is 0 Å². The van der Waals surface area contributed by atoms with Crippen LogP contribution in [0.5, 0.6) is 0 Å². The van der Waals surface area contributed by atoms with E-state index in [9.17, 15) is 0 Å². The summed E-state index contributed by atoms with van der Waals surface area (Å²) in [6, 6.07) is 0.696. The van der Waals surface area contributed by atoms with E-state index in [-0.39, 0.29) is 0 Å². The topological polar surface area (TPSA) is 12.0 Å². The molecule has 0 aromatic rings. The average molecular weight is 202 g/mol. The van der Waals surface area contributed by atoms with Crippen LogP contribution in [0.1, 0.15) is 40.0 Å². The summed E-state index contributed by atoms with van der Waals surface area (Å²) in [5.74, 6) is 0. The highest BCUT2D eigenvalue weighted by Gasteiger charge is 2.30. The molecule has 0 aliphatic heterocycles. The summed E-state index contributed by atoms with van der Waals surface area (Å²) >= 11 is 5.59. The molecular weight excluding hydrogens is 182 g/mol. The molecule has 1 atom stereocenters. The van der Waals surface area contributed by atoms with Gasteiger partial charge in [0.15, 0.2) is 0 Å². The van der Waals surface area contributed by atoms with E-state index >= 15 is 0 Å². The lowest BCUT2D eigenvalue weighted by Gasteiger charge is -2.17. The largest absolute Gasteiger partial charge is 0.310 e. The van der Waals surface area contributed by atoms with E-state index in [2.05, 4.69) is 26.1 Å². The highest BCUT2D eigenvalue weighted by Crippen LogP contribution is 2.36. The number of nitrogens with one attached hydrogen (secondary N) is 1. The van der Waals surface area contributed by atoms with Crippen LogP contribution in [0.2, 0.25) is 0 Å². The Morgan fingerprint density at radius 1 is 1.62 bits per heavy atom. The van der Waals surface area contributed by atoms with Crippen LogP contribution in [-0.4, -0.2) is 12.6 Å². The van der Waals surface area contributed by atoms with Crippen molar-refractivity contribution in [3.05, 3.63) is 11.1 Å². The van der Waals surface area contributed by atoms with Gasteiger partial charge in [-0.2, -0.15) is 0 Å². The van der Waals surface area contributed by atoms with Gasteiger partial charge in [-0.15, -0.1) is 0 Å². The first kappa shape index (κ1) is 11.1. The second-order valence-electron chi connectivity index (χ2n) is 4.94. The third-order valence-electron chi connectivity index (χ3n) is 2.82. The van der Waals surface area contributed by atoms with Crippen LogP contribution in [0.25, 0.3) is 0 Å². The van der Waals surface area contributed by atoms with E-state index in [0.29, 0.717) is 11.5 Å². The standard InChI is InChI=1S/C11H20ClN/c1-9(7-12)8-13-10-4-5-11(2,3)6-10/h7,10,13H,4-6,8H2,1-3H3. The molecule has 0 aromatic carbocycles. The normalized spacial score (nSPS) is 28.0. The van der Waals surface area contributed by atoms with Crippen molar-refractivity contribution in [1.82, 2.24) is 5.32 Å². The monoisotopic (exact) mass is 201 g/mol. The Morgan fingerprint density at radius 2 is 2.31 bits per heavy atom. The summed E-state index contributed by atoms with van der Waals surface area (Å²) in [6.07, 6.45) is 3.94. The third kappa shape index (κ3) is 3.70. The van der Waals surface area contributed by atoms with Crippen molar-refractivity contribution in [3.63, 3.8) is 0 Å². The number of hydrogen-bond donors (Lipinski definition) is 1. The maximum absolute atomic E-state index is 5.59. The van der Waals surface area contributed by atoms with E-state index in [4.69, 9.17) is 11.6 Å². The lowest BCUT2D eigenvalue weighted by Crippen LogP contribution is -2.28. The zero-order chi connectivity index (χ0) is 9.90. The van der Waals surface area contributed by atoms with Crippen LogP contribution >= 0.6 is 11.6 Å². The van der Waals surface area contributed by atoms with Gasteiger partial charge in [-0.3, -0.25) is 0 Å². The fourth-order valence-electron chi connectivity index (χ4n) is 1.95. The van der Waals surface area contributed by atoms with Gasteiger partial charge < -0.3 is 5.32 Å². The van der Waals surface area contributed by atoms with Crippen LogP contribution in [0.4, 0.5) is 0 Å². The quantitative estimate of drug-likeness (QED) is 0.739. The lowest BCUT2D eigenvalue weighted by molar-refractivity contribution is 0.366. The van der Waals surface area contributed by atoms with Gasteiger partial charge in [-0.25, -0.2) is 0 Å². The summed E-state index contributed by atoms with van der Waals surface area (Å²) in [5.41, 5.74) is 3.41. The van der Waals surface area contributed by atoms with Crippen molar-refractivity contribution in [3.8, 4) is 0 Å². The highest BCUT2D eigenvalue weighted by molar-refractivity contribution is 6.25. The van der Waals surface area contributed by atoms with Gasteiger partial charge in [0.1, 0.15) is 0 Å². The van der Waals surface area contributed by atoms with Gasteiger partial charge in [0.2, 0.25) is 0 Å². The molecule has 1 fully saturated rings. The summed E-state index contributed by atoms with van der Waals surface area (Å²) in [5, 5.41) is 3.54. The molecule has 0 aromatic heterocycles. The first-order valence-corrected chi connectivity index (χ1v) is 5.46. The molecule has 0 saturated heterocycles. The molecule has 76 valence electrons. The summed E-state index contributed by atoms with van der Waals surface area (Å²) < 4.78 is 0. The lowest BCUT2D eigenvalue weighted by atomic mass is 9.92. The fourth-order valence-corrected chi connectivity index (χ4v) is 2.03. The van der Waals surface area contributed by atoms with Crippen LogP contribution < -0.4 is 5.32 Å². The average Bonchev–Trinajstić information content (AvgIpc) is 2.41. The van der Waals surface area contributed by atoms with Crippen LogP contribution in [0, 0.1) is 5.41 Å². The van der Waals surface area contributed by atoms with Gasteiger partial charge in [0, 0.05) is 18.1 Å². The summed E-state index contributed by atoms with van der Waals surface area (Å²) in [4.78, 5) is 0. The Balaban J connectivity index is 2.25. The van der Waals surface area contributed by atoms with Gasteiger partial charge in [0.25, 0.3) is 0 Å². The minimum Gasteiger partial charge on any atom is -0.310 e. The van der Waals surface area contributed by atoms with Crippen LogP contribution in [-0.2, 0) is 0 Å². The Kier molecular flexibility index (Phi) is 3.81. The molecule has 1 saturated carbocycles. The van der Waals surface area contributed by atoms with E-state index < -0.39 is 0 Å². The molecule has 0 heterocycles. The van der Waals surface area contributed by atoms with Crippen molar-refractivity contribution < 1.29 is 0 Å². The summed E-state index contributed by atoms with van der Waals surface area (Å²) in [7, 11) is 0. The molecule has 0 bridgehead atoms. The number of halogens is 1. The minimum atomic E-state index is 0.538. The maximum atomic E-state index is 5.59. The molecule has 0 amide bonds. The van der Waals surface area contributed by atoms with Crippen molar-refractivity contribution in [2.24, 2.45) is 5.41 Å². The first-order valence-electron chi connectivity index (χ1n) is 5.03. The molecule has 0 spiro atoms. The smallest absolute Gasteiger partial charge is 0.0176 e. The van der Waals surface area contributed by atoms with Crippen LogP contribution in [0.15, 0.2) is 11.1 Å². The Hall–Kier alpha value is -0.0100. The Bertz CT molecular complexity index is 196. The second-order valence-corrected chi connectivity index (χ2v) is 5.16. The molecule has 1 rings (SSSR count). The molecule has 1 aliphatic rings. The minimum absolute atomic E-state index is 0.538. The van der Waals surface area contributed by atoms with Crippen molar-refractivity contribution in [2.45, 2.75) is 46.1 Å². The SMILES string of the molecule is CC(=CCl)CNC1CCC(C)(C)C1. The predicted octanol–water partition coefficient (Wildman–Crippen LogP) is 3.30. The van der Waals surface area contributed by atoms with E-state index in [1.165, 1.54) is 24.8 Å². The second kappa shape index (κ2) is 4.47. The molecule has 1 unspecified atom stereocenters. The molecule has 13 heavy (non-hydrogen) atoms. The Morgan fingerprint density at radius 3 is 2.77 bits per heavy atom. The fraction of sp³-hybridized carbons (Fsp3) is 0.818. The summed E-state index contributed by atoms with van der Waals surface area (Å²) in [6.45, 7) is 7.68. The van der Waals surface area contributed by atoms with Gasteiger partial charge in [-0.05, 0) is 37.2 Å². The van der Waals surface area contributed by atoms with E-state index in [1.54, 1.807) is 5.54 Å². The molecule has 1 N–H and O–H groups in total. The molecule has 1 nitrogen and oxygen atoms in total. The van der Waals surface area contributed by atoms with Crippen molar-refractivity contribution in [1.29, 1.82) is 0 Å². The van der Waals surface area contributed by atoms with Gasteiger partial charge >= 0.3 is 0 Å². The molecular formula is C11H20ClN. The first-order chi connectivity index (χ1) is 6.03. The number of rotatable bonds is 3. The Labute approximate surface area is 86.5 Å². The van der Waals surface area contributed by atoms with Crippen molar-refractivity contribution >= 4 is 11.6 Å². The maximum Gasteiger partial charge on any atom is 0.0176 e. The van der Waals surface area contributed by atoms with E-state index in [0.717, 1.165) is 6.54 Å². The third-order valence-corrected chi connectivity index (χ3v) is 3.20. The molecule has 0 radical (unpaired) electrons. The number of hydrogen-bond acceptors (Lipinski definition) is 1. The highest BCUT2D eigenvalue weighted by atomic mass is 35.5. The molecule has 1 aliphatic carbocycles. The molecule has 2 heteroatoms. The van der Waals surface area contributed by atoms with E-state index in [1.807, 2.05) is 0 Å². The zero-order valence-electron chi connectivity index (χ0n) is 8.86. The van der Waals surface area contributed by atoms with Gasteiger partial charge in [-0.1, -0.05) is 25.4 Å². The van der Waals surface area contributed by atoms with Crippen molar-refractivity contribution in [2.75, 3.05) is 6.54 Å².